The lowest BCUT2D eigenvalue weighted by Crippen LogP contribution is -2.23. The maximum atomic E-state index is 11.7. The molecule has 19 heavy (non-hydrogen) atoms. The summed E-state index contributed by atoms with van der Waals surface area (Å²) in [6.45, 7) is 3.32. The van der Waals surface area contributed by atoms with Crippen molar-refractivity contribution in [3.05, 3.63) is 23.8 Å². The molecule has 0 amide bonds. The summed E-state index contributed by atoms with van der Waals surface area (Å²) in [6, 6.07) is 3.68. The van der Waals surface area contributed by atoms with E-state index in [1.165, 1.54) is 19.1 Å². The van der Waals surface area contributed by atoms with E-state index in [4.69, 9.17) is 14.6 Å². The third-order valence-corrected chi connectivity index (χ3v) is 2.17. The Morgan fingerprint density at radius 3 is 2.63 bits per heavy atom. The van der Waals surface area contributed by atoms with Gasteiger partial charge in [0.1, 0.15) is 23.2 Å². The first kappa shape index (κ1) is 15.0. The lowest BCUT2D eigenvalue weighted by atomic mass is 10.2. The topological polar surface area (TPSA) is 93.1 Å². The molecule has 1 aromatic carbocycles. The lowest BCUT2D eigenvalue weighted by Gasteiger charge is -2.11. The highest BCUT2D eigenvalue weighted by Crippen LogP contribution is 2.25. The van der Waals surface area contributed by atoms with E-state index in [9.17, 15) is 14.7 Å². The largest absolute Gasteiger partial charge is 0.508 e. The summed E-state index contributed by atoms with van der Waals surface area (Å²) in [7, 11) is 0. The molecular formula is C13H16O6. The molecule has 104 valence electrons. The predicted molar refractivity (Wildman–Crippen MR) is 66.0 cm³/mol. The Labute approximate surface area is 110 Å². The van der Waals surface area contributed by atoms with Crippen LogP contribution in [0.2, 0.25) is 0 Å². The average molecular weight is 268 g/mol. The molecule has 0 heterocycles. The number of carbonyl (C=O) groups excluding carboxylic acids is 2. The smallest absolute Gasteiger partial charge is 0.341 e. The highest BCUT2D eigenvalue weighted by Gasteiger charge is 2.19. The van der Waals surface area contributed by atoms with Crippen molar-refractivity contribution in [2.75, 3.05) is 6.61 Å². The van der Waals surface area contributed by atoms with E-state index in [1.807, 2.05) is 6.92 Å². The van der Waals surface area contributed by atoms with Crippen LogP contribution in [0.3, 0.4) is 0 Å². The van der Waals surface area contributed by atoms with E-state index in [0.717, 1.165) is 6.07 Å². The zero-order valence-electron chi connectivity index (χ0n) is 10.8. The van der Waals surface area contributed by atoms with Crippen LogP contribution in [-0.4, -0.2) is 34.9 Å². The van der Waals surface area contributed by atoms with Gasteiger partial charge in [-0.05, 0) is 25.5 Å². The molecule has 0 aromatic heterocycles. The molecule has 6 heteroatoms. The predicted octanol–water partition coefficient (Wildman–Crippen LogP) is 1.25. The zero-order valence-corrected chi connectivity index (χ0v) is 10.8. The molecule has 1 aromatic rings. The van der Waals surface area contributed by atoms with Gasteiger partial charge in [-0.25, -0.2) is 9.59 Å². The van der Waals surface area contributed by atoms with E-state index in [1.54, 1.807) is 0 Å². The Kier molecular flexibility index (Phi) is 5.32. The van der Waals surface area contributed by atoms with Crippen LogP contribution in [0.1, 0.15) is 30.6 Å². The lowest BCUT2D eigenvalue weighted by molar-refractivity contribution is -0.142. The molecule has 0 radical (unpaired) electrons. The van der Waals surface area contributed by atoms with Crippen molar-refractivity contribution in [1.82, 2.24) is 0 Å². The fourth-order valence-electron chi connectivity index (χ4n) is 1.23. The first-order chi connectivity index (χ1) is 8.95. The molecule has 0 aliphatic carbocycles. The van der Waals surface area contributed by atoms with E-state index < -0.39 is 18.0 Å². The first-order valence-electron chi connectivity index (χ1n) is 5.85. The molecular weight excluding hydrogens is 252 g/mol. The van der Waals surface area contributed by atoms with Gasteiger partial charge >= 0.3 is 11.9 Å². The Bertz CT molecular complexity index is 466. The average Bonchev–Trinajstić information content (AvgIpc) is 2.36. The molecule has 0 saturated heterocycles. The Morgan fingerprint density at radius 2 is 2.05 bits per heavy atom. The van der Waals surface area contributed by atoms with Gasteiger partial charge in [0.2, 0.25) is 0 Å². The molecule has 1 unspecified atom stereocenters. The van der Waals surface area contributed by atoms with Gasteiger partial charge in [0.25, 0.3) is 0 Å². The molecule has 0 aliphatic rings. The number of esters is 2. The van der Waals surface area contributed by atoms with Crippen molar-refractivity contribution >= 4 is 11.9 Å². The summed E-state index contributed by atoms with van der Waals surface area (Å²) in [5.41, 5.74) is 0.0141. The second-order valence-corrected chi connectivity index (χ2v) is 3.91. The van der Waals surface area contributed by atoms with Gasteiger partial charge in [0, 0.05) is 6.07 Å². The van der Waals surface area contributed by atoms with Gasteiger partial charge in [-0.2, -0.15) is 0 Å². The summed E-state index contributed by atoms with van der Waals surface area (Å²) >= 11 is 0. The zero-order chi connectivity index (χ0) is 14.4. The molecule has 1 atom stereocenters. The van der Waals surface area contributed by atoms with Crippen LogP contribution >= 0.6 is 0 Å². The highest BCUT2D eigenvalue weighted by molar-refractivity contribution is 5.94. The van der Waals surface area contributed by atoms with Gasteiger partial charge in [0.05, 0.1) is 6.61 Å². The third-order valence-electron chi connectivity index (χ3n) is 2.17. The number of carbonyl (C=O) groups is 2. The molecule has 2 N–H and O–H groups in total. The van der Waals surface area contributed by atoms with Crippen LogP contribution in [0.15, 0.2) is 18.2 Å². The number of hydrogen-bond donors (Lipinski definition) is 2. The van der Waals surface area contributed by atoms with Gasteiger partial charge < -0.3 is 19.7 Å². The second kappa shape index (κ2) is 6.75. The SMILES string of the molecule is CCCOC(=O)c1ccc(O)cc1OC(=O)C(C)O. The van der Waals surface area contributed by atoms with E-state index >= 15 is 0 Å². The number of aliphatic hydroxyl groups is 1. The molecule has 0 spiro atoms. The number of aliphatic hydroxyl groups excluding tert-OH is 1. The molecule has 0 fully saturated rings. The number of aromatic hydroxyl groups is 1. The molecule has 1 rings (SSSR count). The monoisotopic (exact) mass is 268 g/mol. The summed E-state index contributed by atoms with van der Waals surface area (Å²) in [5, 5.41) is 18.4. The molecule has 6 nitrogen and oxygen atoms in total. The third kappa shape index (κ3) is 4.26. The van der Waals surface area contributed by atoms with Crippen LogP contribution in [0.5, 0.6) is 11.5 Å². The molecule has 0 saturated carbocycles. The summed E-state index contributed by atoms with van der Waals surface area (Å²) in [5.74, 6) is -1.89. The quantitative estimate of drug-likeness (QED) is 0.616. The van der Waals surface area contributed by atoms with E-state index in [0.29, 0.717) is 6.42 Å². The van der Waals surface area contributed by atoms with Crippen LogP contribution in [-0.2, 0) is 9.53 Å². The van der Waals surface area contributed by atoms with Crippen LogP contribution in [0.25, 0.3) is 0 Å². The van der Waals surface area contributed by atoms with Crippen LogP contribution in [0.4, 0.5) is 0 Å². The van der Waals surface area contributed by atoms with Crippen LogP contribution < -0.4 is 4.74 Å². The summed E-state index contributed by atoms with van der Waals surface area (Å²) in [6.07, 6.45) is -0.672. The van der Waals surface area contributed by atoms with E-state index in [-0.39, 0.29) is 23.7 Å². The first-order valence-corrected chi connectivity index (χ1v) is 5.85. The minimum atomic E-state index is -1.33. The van der Waals surface area contributed by atoms with Crippen molar-refractivity contribution in [2.24, 2.45) is 0 Å². The Morgan fingerprint density at radius 1 is 1.37 bits per heavy atom. The highest BCUT2D eigenvalue weighted by atomic mass is 16.6. The van der Waals surface area contributed by atoms with Gasteiger partial charge in [-0.3, -0.25) is 0 Å². The van der Waals surface area contributed by atoms with Crippen molar-refractivity contribution in [3.63, 3.8) is 0 Å². The number of phenolic OH excluding ortho intramolecular Hbond substituents is 1. The fourth-order valence-corrected chi connectivity index (χ4v) is 1.23. The van der Waals surface area contributed by atoms with Gasteiger partial charge in [-0.15, -0.1) is 0 Å². The minimum Gasteiger partial charge on any atom is -0.508 e. The standard InChI is InChI=1S/C13H16O6/c1-3-6-18-13(17)10-5-4-9(15)7-11(10)19-12(16)8(2)14/h4-5,7-8,14-15H,3,6H2,1-2H3. The molecule has 0 aliphatic heterocycles. The van der Waals surface area contributed by atoms with Gasteiger partial charge in [0.15, 0.2) is 0 Å². The van der Waals surface area contributed by atoms with Crippen molar-refractivity contribution < 1.29 is 29.3 Å². The number of benzene rings is 1. The maximum absolute atomic E-state index is 11.7. The number of hydrogen-bond acceptors (Lipinski definition) is 6. The maximum Gasteiger partial charge on any atom is 0.341 e. The summed E-state index contributed by atoms with van der Waals surface area (Å²) in [4.78, 5) is 23.0. The van der Waals surface area contributed by atoms with Crippen molar-refractivity contribution in [3.8, 4) is 11.5 Å². The summed E-state index contributed by atoms with van der Waals surface area (Å²) < 4.78 is 9.76. The normalized spacial score (nSPS) is 11.7. The number of rotatable bonds is 5. The Balaban J connectivity index is 2.97. The Hall–Kier alpha value is -2.08. The van der Waals surface area contributed by atoms with Crippen molar-refractivity contribution in [1.29, 1.82) is 0 Å². The van der Waals surface area contributed by atoms with Crippen molar-refractivity contribution in [2.45, 2.75) is 26.4 Å². The van der Waals surface area contributed by atoms with E-state index in [2.05, 4.69) is 0 Å². The molecule has 0 bridgehead atoms. The number of phenols is 1. The van der Waals surface area contributed by atoms with Gasteiger partial charge in [-0.1, -0.05) is 6.92 Å². The minimum absolute atomic E-state index is 0.0141. The second-order valence-electron chi connectivity index (χ2n) is 3.91. The number of ether oxygens (including phenoxy) is 2. The van der Waals surface area contributed by atoms with Crippen LogP contribution in [0, 0.1) is 0 Å². The fraction of sp³-hybridized carbons (Fsp3) is 0.385.